The van der Waals surface area contributed by atoms with Gasteiger partial charge in [0.15, 0.2) is 0 Å². The summed E-state index contributed by atoms with van der Waals surface area (Å²) in [5.74, 6) is 0.650. The number of aromatic nitrogens is 3. The molecule has 0 unspecified atom stereocenters. The number of nitrogens with zero attached hydrogens (tertiary/aromatic N) is 3. The Morgan fingerprint density at radius 1 is 1.00 bits per heavy atom. The first-order chi connectivity index (χ1) is 10.9. The zero-order chi connectivity index (χ0) is 16.5. The molecular weight excluding hydrogens is 276 g/mol. The lowest BCUT2D eigenvalue weighted by atomic mass is 10.3. The molecule has 122 valence electrons. The van der Waals surface area contributed by atoms with Crippen molar-refractivity contribution >= 4 is 0 Å². The van der Waals surface area contributed by atoms with Gasteiger partial charge in [0, 0.05) is 31.2 Å². The largest absolute Gasteiger partial charge is 0.478 e. The average Bonchev–Trinajstić information content (AvgIpc) is 2.62. The van der Waals surface area contributed by atoms with Crippen LogP contribution in [0, 0.1) is 0 Å². The van der Waals surface area contributed by atoms with E-state index in [9.17, 15) is 0 Å². The number of nitrogens with one attached hydrogen (secondary N) is 1. The summed E-state index contributed by atoms with van der Waals surface area (Å²) in [6.45, 7) is 10.8. The molecule has 0 saturated heterocycles. The molecular formula is C17H28N4O. The van der Waals surface area contributed by atoms with E-state index in [1.165, 1.54) is 11.9 Å². The third kappa shape index (κ3) is 10.7. The van der Waals surface area contributed by atoms with Crippen molar-refractivity contribution < 1.29 is 4.74 Å². The molecule has 2 aromatic heterocycles. The van der Waals surface area contributed by atoms with Crippen molar-refractivity contribution in [3.05, 3.63) is 48.7 Å². The molecule has 1 N–H and O–H groups in total. The molecule has 0 aliphatic carbocycles. The summed E-state index contributed by atoms with van der Waals surface area (Å²) in [7, 11) is 0. The van der Waals surface area contributed by atoms with Gasteiger partial charge in [-0.15, -0.1) is 0 Å². The van der Waals surface area contributed by atoms with Crippen molar-refractivity contribution in [3.63, 3.8) is 0 Å². The lowest BCUT2D eigenvalue weighted by molar-refractivity contribution is 0.304. The Morgan fingerprint density at radius 3 is 2.23 bits per heavy atom. The zero-order valence-electron chi connectivity index (χ0n) is 14.1. The summed E-state index contributed by atoms with van der Waals surface area (Å²) in [5.41, 5.74) is 1.29. The van der Waals surface area contributed by atoms with Gasteiger partial charge in [0.2, 0.25) is 5.88 Å². The Bertz CT molecular complexity index is 393. The molecule has 0 saturated carbocycles. The van der Waals surface area contributed by atoms with E-state index in [1.54, 1.807) is 12.3 Å². The van der Waals surface area contributed by atoms with Crippen molar-refractivity contribution in [3.8, 4) is 5.88 Å². The third-order valence-electron chi connectivity index (χ3n) is 2.34. The average molecular weight is 304 g/mol. The summed E-state index contributed by atoms with van der Waals surface area (Å²) in [4.78, 5) is 11.6. The molecule has 0 amide bonds. The molecule has 0 aliphatic rings. The molecule has 5 heteroatoms. The molecule has 2 rings (SSSR count). The van der Waals surface area contributed by atoms with E-state index in [0.717, 1.165) is 26.1 Å². The van der Waals surface area contributed by atoms with E-state index in [4.69, 9.17) is 4.74 Å². The second-order valence-corrected chi connectivity index (χ2v) is 4.03. The molecule has 0 bridgehead atoms. The van der Waals surface area contributed by atoms with Gasteiger partial charge in [-0.3, -0.25) is 4.98 Å². The van der Waals surface area contributed by atoms with Crippen LogP contribution in [-0.2, 0) is 6.54 Å². The third-order valence-corrected chi connectivity index (χ3v) is 2.34. The minimum absolute atomic E-state index is 0.650. The van der Waals surface area contributed by atoms with Gasteiger partial charge in [0.05, 0.1) is 6.61 Å². The van der Waals surface area contributed by atoms with Crippen LogP contribution in [0.15, 0.2) is 43.1 Å². The Kier molecular flexibility index (Phi) is 14.0. The van der Waals surface area contributed by atoms with Crippen molar-refractivity contribution in [1.29, 1.82) is 0 Å². The van der Waals surface area contributed by atoms with Crippen LogP contribution in [0.2, 0.25) is 0 Å². The molecule has 0 aliphatic heterocycles. The Hall–Kier alpha value is -2.01. The summed E-state index contributed by atoms with van der Waals surface area (Å²) >= 11 is 0. The van der Waals surface area contributed by atoms with Gasteiger partial charge in [0.1, 0.15) is 6.33 Å². The first-order valence-electron chi connectivity index (χ1n) is 7.85. The summed E-state index contributed by atoms with van der Waals surface area (Å²) in [6, 6.07) is 5.78. The molecule has 0 atom stereocenters. The van der Waals surface area contributed by atoms with Crippen molar-refractivity contribution in [1.82, 2.24) is 20.3 Å². The Balaban J connectivity index is 0.000000360. The molecule has 0 fully saturated rings. The van der Waals surface area contributed by atoms with Gasteiger partial charge in [0.25, 0.3) is 0 Å². The standard InChI is InChI=1S/C8H12N2.C7H10N2O.C2H6/c1-2-9-7-8-3-5-10-6-4-8;1-2-5-10-7-3-4-8-6-9-7;1-2/h3-6,9H,2,7H2,1H3;3-4,6H,2,5H2,1H3;1-2H3. The second-order valence-electron chi connectivity index (χ2n) is 4.03. The van der Waals surface area contributed by atoms with Crippen LogP contribution < -0.4 is 10.1 Å². The lowest BCUT2D eigenvalue weighted by Gasteiger charge is -1.99. The highest BCUT2D eigenvalue weighted by Crippen LogP contribution is 2.00. The summed E-state index contributed by atoms with van der Waals surface area (Å²) in [5, 5.41) is 3.24. The fourth-order valence-corrected chi connectivity index (χ4v) is 1.34. The van der Waals surface area contributed by atoms with E-state index in [2.05, 4.69) is 34.1 Å². The van der Waals surface area contributed by atoms with Gasteiger partial charge in [-0.2, -0.15) is 0 Å². The van der Waals surface area contributed by atoms with Crippen molar-refractivity contribution in [2.24, 2.45) is 0 Å². The maximum Gasteiger partial charge on any atom is 0.216 e. The second kappa shape index (κ2) is 15.4. The lowest BCUT2D eigenvalue weighted by Crippen LogP contribution is -2.11. The highest BCUT2D eigenvalue weighted by molar-refractivity contribution is 5.08. The maximum atomic E-state index is 5.20. The van der Waals surface area contributed by atoms with Crippen LogP contribution in [-0.4, -0.2) is 28.1 Å². The van der Waals surface area contributed by atoms with Gasteiger partial charge in [-0.25, -0.2) is 9.97 Å². The molecule has 2 aromatic rings. The molecule has 22 heavy (non-hydrogen) atoms. The first kappa shape index (κ1) is 20.0. The van der Waals surface area contributed by atoms with E-state index < -0.39 is 0 Å². The number of rotatable bonds is 6. The van der Waals surface area contributed by atoms with E-state index in [-0.39, 0.29) is 0 Å². The summed E-state index contributed by atoms with van der Waals surface area (Å²) in [6.07, 6.45) is 7.77. The quantitative estimate of drug-likeness (QED) is 0.885. The monoisotopic (exact) mass is 304 g/mol. The Labute approximate surface area is 134 Å². The SMILES string of the molecule is CC.CCCOc1ccncn1.CCNCc1ccncc1. The normalized spacial score (nSPS) is 8.91. The number of ether oxygens (including phenoxy) is 1. The minimum atomic E-state index is 0.650. The van der Waals surface area contributed by atoms with E-state index >= 15 is 0 Å². The number of hydrogen-bond acceptors (Lipinski definition) is 5. The predicted octanol–water partition coefficient (Wildman–Crippen LogP) is 3.48. The molecule has 0 aromatic carbocycles. The first-order valence-corrected chi connectivity index (χ1v) is 7.85. The van der Waals surface area contributed by atoms with Gasteiger partial charge < -0.3 is 10.1 Å². The van der Waals surface area contributed by atoms with Crippen LogP contribution in [0.1, 0.15) is 39.7 Å². The highest BCUT2D eigenvalue weighted by Gasteiger charge is 1.89. The van der Waals surface area contributed by atoms with Crippen LogP contribution in [0.3, 0.4) is 0 Å². The van der Waals surface area contributed by atoms with Gasteiger partial charge >= 0.3 is 0 Å². The van der Waals surface area contributed by atoms with Crippen molar-refractivity contribution in [2.45, 2.75) is 40.7 Å². The Morgan fingerprint density at radius 2 is 1.68 bits per heavy atom. The van der Waals surface area contributed by atoms with Crippen LogP contribution >= 0.6 is 0 Å². The van der Waals surface area contributed by atoms with Crippen LogP contribution in [0.4, 0.5) is 0 Å². The maximum absolute atomic E-state index is 5.20. The topological polar surface area (TPSA) is 59.9 Å². The fraction of sp³-hybridized carbons (Fsp3) is 0.471. The number of hydrogen-bond donors (Lipinski definition) is 1. The minimum Gasteiger partial charge on any atom is -0.478 e. The fourth-order valence-electron chi connectivity index (χ4n) is 1.34. The molecule has 0 radical (unpaired) electrons. The molecule has 0 spiro atoms. The zero-order valence-corrected chi connectivity index (χ0v) is 14.1. The van der Waals surface area contributed by atoms with E-state index in [1.807, 2.05) is 38.4 Å². The smallest absolute Gasteiger partial charge is 0.216 e. The molecule has 5 nitrogen and oxygen atoms in total. The summed E-state index contributed by atoms with van der Waals surface area (Å²) < 4.78 is 5.20. The van der Waals surface area contributed by atoms with Crippen molar-refractivity contribution in [2.75, 3.05) is 13.2 Å². The highest BCUT2D eigenvalue weighted by atomic mass is 16.5. The molecule has 2 heterocycles. The predicted molar refractivity (Wildman–Crippen MR) is 90.8 cm³/mol. The van der Waals surface area contributed by atoms with E-state index in [0.29, 0.717) is 5.88 Å². The van der Waals surface area contributed by atoms with Gasteiger partial charge in [-0.1, -0.05) is 27.7 Å². The van der Waals surface area contributed by atoms with Crippen LogP contribution in [0.5, 0.6) is 5.88 Å². The van der Waals surface area contributed by atoms with Crippen LogP contribution in [0.25, 0.3) is 0 Å². The van der Waals surface area contributed by atoms with Gasteiger partial charge in [-0.05, 0) is 30.7 Å². The number of pyridine rings is 1.